The Kier molecular flexibility index (Phi) is 6.49. The molecule has 0 radical (unpaired) electrons. The number of ether oxygens (including phenoxy) is 2. The Morgan fingerprint density at radius 1 is 1.27 bits per heavy atom. The number of imidazole rings is 1. The van der Waals surface area contributed by atoms with E-state index in [2.05, 4.69) is 27.2 Å². The molecule has 8 nitrogen and oxygen atoms in total. The van der Waals surface area contributed by atoms with Gasteiger partial charge in [-0.05, 0) is 31.6 Å². The molecule has 0 amide bonds. The summed E-state index contributed by atoms with van der Waals surface area (Å²) in [7, 11) is 1.62. The van der Waals surface area contributed by atoms with Gasteiger partial charge in [0, 0.05) is 26.3 Å². The van der Waals surface area contributed by atoms with Gasteiger partial charge in [-0.2, -0.15) is 15.0 Å². The van der Waals surface area contributed by atoms with Crippen molar-refractivity contribution in [2.24, 2.45) is 5.92 Å². The molecular weight excluding hydrogens is 332 g/mol. The molecule has 0 aliphatic carbocycles. The molecule has 3 N–H and O–H groups in total. The van der Waals surface area contributed by atoms with Gasteiger partial charge in [0.15, 0.2) is 17.0 Å². The summed E-state index contributed by atoms with van der Waals surface area (Å²) in [6, 6.07) is 0.538. The molecule has 0 bridgehead atoms. The van der Waals surface area contributed by atoms with Crippen LogP contribution in [0.1, 0.15) is 45.4 Å². The average Bonchev–Trinajstić information content (AvgIpc) is 3.27. The van der Waals surface area contributed by atoms with Crippen molar-refractivity contribution in [2.45, 2.75) is 52.0 Å². The van der Waals surface area contributed by atoms with Crippen LogP contribution >= 0.6 is 0 Å². The molecule has 0 aromatic carbocycles. The fraction of sp³-hybridized carbons (Fsp3) is 0.722. The molecular formula is C18H30N6O2. The maximum absolute atomic E-state index is 6.10. The second-order valence-electron chi connectivity index (χ2n) is 6.86. The first-order chi connectivity index (χ1) is 12.7. The van der Waals surface area contributed by atoms with Gasteiger partial charge in [-0.15, -0.1) is 0 Å². The molecule has 26 heavy (non-hydrogen) atoms. The largest absolute Gasteiger partial charge is 0.468 e. The first-order valence-corrected chi connectivity index (χ1v) is 9.62. The highest BCUT2D eigenvalue weighted by atomic mass is 16.5. The van der Waals surface area contributed by atoms with E-state index in [1.54, 1.807) is 7.11 Å². The number of rotatable bonds is 10. The van der Waals surface area contributed by atoms with E-state index in [-0.39, 0.29) is 0 Å². The predicted molar refractivity (Wildman–Crippen MR) is 102 cm³/mol. The number of nitrogens with one attached hydrogen (secondary N) is 1. The SMILES string of the molecule is CCCCNc1nc(N)c2nc(OC)n(CCCCC3CCOC3)c2n1. The van der Waals surface area contributed by atoms with E-state index in [1.807, 2.05) is 4.57 Å². The van der Waals surface area contributed by atoms with Crippen molar-refractivity contribution in [3.05, 3.63) is 0 Å². The lowest BCUT2D eigenvalue weighted by Crippen LogP contribution is -2.09. The Morgan fingerprint density at radius 2 is 2.15 bits per heavy atom. The van der Waals surface area contributed by atoms with Crippen molar-refractivity contribution in [1.29, 1.82) is 0 Å². The summed E-state index contributed by atoms with van der Waals surface area (Å²) in [5.41, 5.74) is 7.44. The molecule has 1 atom stereocenters. The molecule has 3 heterocycles. The van der Waals surface area contributed by atoms with Crippen LogP contribution in [0.3, 0.4) is 0 Å². The fourth-order valence-electron chi connectivity index (χ4n) is 3.33. The molecule has 144 valence electrons. The van der Waals surface area contributed by atoms with Crippen LogP contribution in [0.4, 0.5) is 11.8 Å². The highest BCUT2D eigenvalue weighted by Gasteiger charge is 2.18. The maximum Gasteiger partial charge on any atom is 0.298 e. The Labute approximate surface area is 154 Å². The van der Waals surface area contributed by atoms with Crippen molar-refractivity contribution in [2.75, 3.05) is 37.9 Å². The summed E-state index contributed by atoms with van der Waals surface area (Å²) < 4.78 is 12.9. The smallest absolute Gasteiger partial charge is 0.298 e. The molecule has 1 saturated heterocycles. The van der Waals surface area contributed by atoms with E-state index in [1.165, 1.54) is 12.8 Å². The van der Waals surface area contributed by atoms with Gasteiger partial charge in [0.25, 0.3) is 6.01 Å². The monoisotopic (exact) mass is 362 g/mol. The Balaban J connectivity index is 1.71. The number of aromatic nitrogens is 4. The number of unbranched alkanes of at least 4 members (excludes halogenated alkanes) is 2. The van der Waals surface area contributed by atoms with Crippen LogP contribution in [-0.2, 0) is 11.3 Å². The first kappa shape index (κ1) is 18.7. The van der Waals surface area contributed by atoms with Gasteiger partial charge in [0.05, 0.1) is 7.11 Å². The zero-order chi connectivity index (χ0) is 18.4. The molecule has 2 aromatic rings. The fourth-order valence-corrected chi connectivity index (χ4v) is 3.33. The first-order valence-electron chi connectivity index (χ1n) is 9.62. The number of fused-ring (bicyclic) bond motifs is 1. The standard InChI is InChI=1S/C18H30N6O2/c1-3-4-9-20-17-22-15(19)14-16(23-17)24(18(21-14)25-2)10-6-5-7-13-8-11-26-12-13/h13H,3-12H2,1-2H3,(H3,19,20,22,23). The third-order valence-corrected chi connectivity index (χ3v) is 4.85. The minimum atomic E-state index is 0.383. The van der Waals surface area contributed by atoms with Gasteiger partial charge < -0.3 is 20.5 Å². The third kappa shape index (κ3) is 4.35. The Morgan fingerprint density at radius 3 is 2.88 bits per heavy atom. The second-order valence-corrected chi connectivity index (χ2v) is 6.86. The number of hydrogen-bond donors (Lipinski definition) is 2. The summed E-state index contributed by atoms with van der Waals surface area (Å²) >= 11 is 0. The van der Waals surface area contributed by atoms with Gasteiger partial charge >= 0.3 is 0 Å². The van der Waals surface area contributed by atoms with Gasteiger partial charge in [-0.1, -0.05) is 19.8 Å². The quantitative estimate of drug-likeness (QED) is 0.627. The van der Waals surface area contributed by atoms with Crippen LogP contribution in [0.25, 0.3) is 11.2 Å². The number of nitrogens with zero attached hydrogens (tertiary/aromatic N) is 4. The molecule has 1 aliphatic rings. The normalized spacial score (nSPS) is 17.1. The van der Waals surface area contributed by atoms with Crippen LogP contribution in [0.2, 0.25) is 0 Å². The summed E-state index contributed by atoms with van der Waals surface area (Å²) in [4.78, 5) is 13.4. The van der Waals surface area contributed by atoms with Gasteiger partial charge in [0.1, 0.15) is 0 Å². The molecule has 0 spiro atoms. The van der Waals surface area contributed by atoms with Gasteiger partial charge in [-0.3, -0.25) is 4.57 Å². The third-order valence-electron chi connectivity index (χ3n) is 4.85. The van der Waals surface area contributed by atoms with Crippen LogP contribution < -0.4 is 15.8 Å². The predicted octanol–water partition coefficient (Wildman–Crippen LogP) is 2.84. The number of methoxy groups -OCH3 is 1. The van der Waals surface area contributed by atoms with E-state index in [0.29, 0.717) is 29.2 Å². The molecule has 0 saturated carbocycles. The van der Waals surface area contributed by atoms with E-state index in [4.69, 9.17) is 15.2 Å². The minimum Gasteiger partial charge on any atom is -0.468 e. The number of nitrogens with two attached hydrogens (primary N) is 1. The maximum atomic E-state index is 6.10. The van der Waals surface area contributed by atoms with E-state index in [0.717, 1.165) is 57.6 Å². The summed E-state index contributed by atoms with van der Waals surface area (Å²) in [6.45, 7) is 5.61. The van der Waals surface area contributed by atoms with E-state index in [9.17, 15) is 0 Å². The minimum absolute atomic E-state index is 0.383. The van der Waals surface area contributed by atoms with Crippen LogP contribution in [0, 0.1) is 5.92 Å². The van der Waals surface area contributed by atoms with Crippen molar-refractivity contribution in [3.8, 4) is 6.01 Å². The molecule has 1 aliphatic heterocycles. The molecule has 8 heteroatoms. The van der Waals surface area contributed by atoms with Gasteiger partial charge in [0.2, 0.25) is 5.95 Å². The van der Waals surface area contributed by atoms with E-state index < -0.39 is 0 Å². The highest BCUT2D eigenvalue weighted by molar-refractivity contribution is 5.84. The Bertz CT molecular complexity index is 711. The molecule has 2 aromatic heterocycles. The van der Waals surface area contributed by atoms with Crippen molar-refractivity contribution < 1.29 is 9.47 Å². The van der Waals surface area contributed by atoms with Crippen molar-refractivity contribution in [1.82, 2.24) is 19.5 Å². The lowest BCUT2D eigenvalue weighted by atomic mass is 10.0. The molecule has 1 fully saturated rings. The number of aryl methyl sites for hydroxylation is 1. The van der Waals surface area contributed by atoms with Crippen LogP contribution in [0.15, 0.2) is 0 Å². The zero-order valence-corrected chi connectivity index (χ0v) is 15.8. The summed E-state index contributed by atoms with van der Waals surface area (Å²) in [6.07, 6.45) is 6.76. The van der Waals surface area contributed by atoms with Crippen LogP contribution in [0.5, 0.6) is 6.01 Å². The number of nitrogen functional groups attached to an aromatic ring is 1. The lowest BCUT2D eigenvalue weighted by molar-refractivity contribution is 0.183. The summed E-state index contributed by atoms with van der Waals surface area (Å²) in [5.74, 6) is 1.65. The highest BCUT2D eigenvalue weighted by Crippen LogP contribution is 2.26. The topological polar surface area (TPSA) is 100 Å². The Hall–Kier alpha value is -2.09. The zero-order valence-electron chi connectivity index (χ0n) is 15.8. The van der Waals surface area contributed by atoms with Crippen molar-refractivity contribution in [3.63, 3.8) is 0 Å². The van der Waals surface area contributed by atoms with Gasteiger partial charge in [-0.25, -0.2) is 0 Å². The lowest BCUT2D eigenvalue weighted by Gasteiger charge is -2.10. The molecule has 3 rings (SSSR count). The second kappa shape index (κ2) is 9.02. The van der Waals surface area contributed by atoms with Crippen LogP contribution in [-0.4, -0.2) is 46.4 Å². The average molecular weight is 362 g/mol. The molecule has 1 unspecified atom stereocenters. The number of hydrogen-bond acceptors (Lipinski definition) is 7. The van der Waals surface area contributed by atoms with E-state index >= 15 is 0 Å². The summed E-state index contributed by atoms with van der Waals surface area (Å²) in [5, 5.41) is 3.24. The van der Waals surface area contributed by atoms with Crippen molar-refractivity contribution >= 4 is 22.9 Å². The number of anilines is 2.